The standard InChI is InChI=1S/C18H19N3O4/c1-23-18(22)17-16(20)12(9-19)10-21(17)14-6-2-3-7-15(14)25-11-13-5-4-8-24-13/h2-3,6-7,10,13H,4-5,8,11,20H2,1H3. The molecule has 1 unspecified atom stereocenters. The molecule has 1 saturated heterocycles. The number of ether oxygens (including phenoxy) is 3. The molecule has 0 bridgehead atoms. The average Bonchev–Trinajstić information content (AvgIpc) is 3.27. The molecule has 1 aliphatic rings. The number of rotatable bonds is 5. The zero-order chi connectivity index (χ0) is 17.8. The van der Waals surface area contributed by atoms with Gasteiger partial charge < -0.3 is 24.5 Å². The predicted octanol–water partition coefficient (Wildman–Crippen LogP) is 2.28. The summed E-state index contributed by atoms with van der Waals surface area (Å²) in [5.74, 6) is -0.0458. The highest BCUT2D eigenvalue weighted by Gasteiger charge is 2.24. The van der Waals surface area contributed by atoms with E-state index in [0.29, 0.717) is 18.0 Å². The Balaban J connectivity index is 1.99. The van der Waals surface area contributed by atoms with Crippen LogP contribution >= 0.6 is 0 Å². The predicted molar refractivity (Wildman–Crippen MR) is 90.7 cm³/mol. The Morgan fingerprint density at radius 2 is 2.28 bits per heavy atom. The van der Waals surface area contributed by atoms with Gasteiger partial charge in [0.25, 0.3) is 0 Å². The Morgan fingerprint density at radius 1 is 1.48 bits per heavy atom. The second kappa shape index (κ2) is 7.28. The number of benzene rings is 1. The lowest BCUT2D eigenvalue weighted by molar-refractivity contribution is 0.0591. The van der Waals surface area contributed by atoms with Gasteiger partial charge in [0, 0.05) is 12.8 Å². The molecule has 0 radical (unpaired) electrons. The monoisotopic (exact) mass is 341 g/mol. The Bertz CT molecular complexity index is 816. The summed E-state index contributed by atoms with van der Waals surface area (Å²) in [5, 5.41) is 9.23. The zero-order valence-corrected chi connectivity index (χ0v) is 13.9. The van der Waals surface area contributed by atoms with E-state index in [9.17, 15) is 10.1 Å². The van der Waals surface area contributed by atoms with Gasteiger partial charge in [0.1, 0.15) is 18.4 Å². The van der Waals surface area contributed by atoms with Crippen molar-refractivity contribution in [2.75, 3.05) is 26.1 Å². The summed E-state index contributed by atoms with van der Waals surface area (Å²) in [6, 6.07) is 9.23. The van der Waals surface area contributed by atoms with Crippen molar-refractivity contribution >= 4 is 11.7 Å². The van der Waals surface area contributed by atoms with Crippen LogP contribution in [0.15, 0.2) is 30.5 Å². The number of nitrogens with zero attached hydrogens (tertiary/aromatic N) is 2. The summed E-state index contributed by atoms with van der Waals surface area (Å²) in [6.45, 7) is 1.17. The number of aromatic nitrogens is 1. The number of nitrogens with two attached hydrogens (primary N) is 1. The fourth-order valence-corrected chi connectivity index (χ4v) is 2.84. The molecule has 1 aliphatic heterocycles. The smallest absolute Gasteiger partial charge is 0.357 e. The number of esters is 1. The number of methoxy groups -OCH3 is 1. The first-order chi connectivity index (χ1) is 12.2. The molecule has 1 atom stereocenters. The summed E-state index contributed by atoms with van der Waals surface area (Å²) in [6.07, 6.45) is 3.57. The van der Waals surface area contributed by atoms with Gasteiger partial charge >= 0.3 is 5.97 Å². The van der Waals surface area contributed by atoms with Crippen molar-refractivity contribution in [3.63, 3.8) is 0 Å². The minimum atomic E-state index is -0.618. The molecule has 1 aromatic carbocycles. The van der Waals surface area contributed by atoms with Crippen LogP contribution in [0.5, 0.6) is 5.75 Å². The maximum absolute atomic E-state index is 12.1. The number of carbonyl (C=O) groups is 1. The summed E-state index contributed by atoms with van der Waals surface area (Å²) in [4.78, 5) is 12.1. The minimum absolute atomic E-state index is 0.0672. The van der Waals surface area contributed by atoms with Crippen molar-refractivity contribution < 1.29 is 19.0 Å². The van der Waals surface area contributed by atoms with E-state index < -0.39 is 5.97 Å². The SMILES string of the molecule is COC(=O)c1c(N)c(C#N)cn1-c1ccccc1OCC1CCCO1. The first kappa shape index (κ1) is 16.9. The van der Waals surface area contributed by atoms with Crippen molar-refractivity contribution in [1.29, 1.82) is 5.26 Å². The number of nitriles is 1. The van der Waals surface area contributed by atoms with Crippen LogP contribution in [0.4, 0.5) is 5.69 Å². The fraction of sp³-hybridized carbons (Fsp3) is 0.333. The third kappa shape index (κ3) is 3.30. The Labute approximate surface area is 145 Å². The molecule has 1 aromatic heterocycles. The lowest BCUT2D eigenvalue weighted by atomic mass is 10.2. The maximum Gasteiger partial charge on any atom is 0.357 e. The lowest BCUT2D eigenvalue weighted by Gasteiger charge is -2.16. The van der Waals surface area contributed by atoms with Crippen molar-refractivity contribution in [3.05, 3.63) is 41.7 Å². The van der Waals surface area contributed by atoms with Gasteiger partial charge in [0.05, 0.1) is 30.2 Å². The van der Waals surface area contributed by atoms with Crippen LogP contribution in [-0.4, -0.2) is 37.0 Å². The topological polar surface area (TPSA) is 99.5 Å². The highest BCUT2D eigenvalue weighted by atomic mass is 16.5. The van der Waals surface area contributed by atoms with Crippen molar-refractivity contribution in [2.24, 2.45) is 0 Å². The number of nitrogen functional groups attached to an aromatic ring is 1. The lowest BCUT2D eigenvalue weighted by Crippen LogP contribution is -2.17. The van der Waals surface area contributed by atoms with E-state index in [2.05, 4.69) is 0 Å². The molecule has 0 spiro atoms. The number of hydrogen-bond acceptors (Lipinski definition) is 6. The van der Waals surface area contributed by atoms with Crippen LogP contribution in [0.2, 0.25) is 0 Å². The molecule has 7 heteroatoms. The van der Waals surface area contributed by atoms with Crippen LogP contribution < -0.4 is 10.5 Å². The molecule has 130 valence electrons. The summed E-state index contributed by atoms with van der Waals surface area (Å²) in [7, 11) is 1.27. The van der Waals surface area contributed by atoms with Crippen LogP contribution in [0.3, 0.4) is 0 Å². The first-order valence-corrected chi connectivity index (χ1v) is 7.98. The molecule has 0 amide bonds. The highest BCUT2D eigenvalue weighted by Crippen LogP contribution is 2.30. The summed E-state index contributed by atoms with van der Waals surface area (Å²) in [5.41, 5.74) is 6.95. The quantitative estimate of drug-likeness (QED) is 0.838. The number of carbonyl (C=O) groups excluding carboxylic acids is 1. The van der Waals surface area contributed by atoms with E-state index in [1.165, 1.54) is 17.9 Å². The Kier molecular flexibility index (Phi) is 4.91. The zero-order valence-electron chi connectivity index (χ0n) is 13.9. The molecular weight excluding hydrogens is 322 g/mol. The van der Waals surface area contributed by atoms with Crippen molar-refractivity contribution in [2.45, 2.75) is 18.9 Å². The number of anilines is 1. The minimum Gasteiger partial charge on any atom is -0.489 e. The van der Waals surface area contributed by atoms with E-state index in [4.69, 9.17) is 19.9 Å². The molecular formula is C18H19N3O4. The van der Waals surface area contributed by atoms with E-state index in [1.54, 1.807) is 12.1 Å². The largest absolute Gasteiger partial charge is 0.489 e. The van der Waals surface area contributed by atoms with Crippen LogP contribution in [0.1, 0.15) is 28.9 Å². The number of para-hydroxylation sites is 2. The normalized spacial score (nSPS) is 16.4. The molecule has 25 heavy (non-hydrogen) atoms. The Hall–Kier alpha value is -2.98. The third-order valence-corrected chi connectivity index (χ3v) is 4.12. The maximum atomic E-state index is 12.1. The molecule has 7 nitrogen and oxygen atoms in total. The highest BCUT2D eigenvalue weighted by molar-refractivity contribution is 5.96. The first-order valence-electron chi connectivity index (χ1n) is 7.98. The van der Waals surface area contributed by atoms with Gasteiger partial charge in [-0.05, 0) is 25.0 Å². The van der Waals surface area contributed by atoms with E-state index >= 15 is 0 Å². The molecule has 0 aliphatic carbocycles. The molecule has 2 heterocycles. The molecule has 3 rings (SSSR count). The van der Waals surface area contributed by atoms with Gasteiger partial charge in [-0.1, -0.05) is 12.1 Å². The van der Waals surface area contributed by atoms with Gasteiger partial charge in [-0.25, -0.2) is 4.79 Å². The molecule has 1 fully saturated rings. The van der Waals surface area contributed by atoms with E-state index in [0.717, 1.165) is 19.4 Å². The average molecular weight is 341 g/mol. The van der Waals surface area contributed by atoms with Crippen LogP contribution in [0.25, 0.3) is 5.69 Å². The van der Waals surface area contributed by atoms with Crippen LogP contribution in [-0.2, 0) is 9.47 Å². The van der Waals surface area contributed by atoms with Gasteiger partial charge in [-0.3, -0.25) is 0 Å². The molecule has 2 aromatic rings. The van der Waals surface area contributed by atoms with Crippen LogP contribution in [0, 0.1) is 11.3 Å². The second-order valence-electron chi connectivity index (χ2n) is 5.69. The van der Waals surface area contributed by atoms with Gasteiger partial charge in [0.15, 0.2) is 5.69 Å². The van der Waals surface area contributed by atoms with Crippen molar-refractivity contribution in [3.8, 4) is 17.5 Å². The van der Waals surface area contributed by atoms with Crippen molar-refractivity contribution in [1.82, 2.24) is 4.57 Å². The Morgan fingerprint density at radius 3 is 2.96 bits per heavy atom. The van der Waals surface area contributed by atoms with Gasteiger partial charge in [-0.2, -0.15) is 5.26 Å². The second-order valence-corrected chi connectivity index (χ2v) is 5.69. The summed E-state index contributed by atoms with van der Waals surface area (Å²) >= 11 is 0. The van der Waals surface area contributed by atoms with E-state index in [1.807, 2.05) is 18.2 Å². The van der Waals surface area contributed by atoms with Gasteiger partial charge in [-0.15, -0.1) is 0 Å². The molecule has 0 saturated carbocycles. The number of hydrogen-bond donors (Lipinski definition) is 1. The summed E-state index contributed by atoms with van der Waals surface area (Å²) < 4.78 is 17.8. The fourth-order valence-electron chi connectivity index (χ4n) is 2.84. The molecule has 2 N–H and O–H groups in total. The third-order valence-electron chi connectivity index (χ3n) is 4.12. The van der Waals surface area contributed by atoms with Gasteiger partial charge in [0.2, 0.25) is 0 Å². The van der Waals surface area contributed by atoms with E-state index in [-0.39, 0.29) is 23.0 Å².